The zero-order valence-electron chi connectivity index (χ0n) is 13.1. The highest BCUT2D eigenvalue weighted by molar-refractivity contribution is 7.17. The number of aromatic nitrogens is 2. The van der Waals surface area contributed by atoms with Gasteiger partial charge in [-0.1, -0.05) is 6.07 Å². The van der Waals surface area contributed by atoms with Crippen molar-refractivity contribution in [1.29, 1.82) is 0 Å². The van der Waals surface area contributed by atoms with Gasteiger partial charge in [0, 0.05) is 18.8 Å². The van der Waals surface area contributed by atoms with Gasteiger partial charge >= 0.3 is 0 Å². The highest BCUT2D eigenvalue weighted by atomic mass is 32.1. The molecule has 0 aliphatic heterocycles. The predicted molar refractivity (Wildman–Crippen MR) is 93.9 cm³/mol. The summed E-state index contributed by atoms with van der Waals surface area (Å²) in [5.74, 6) is -0.680. The number of phenols is 1. The largest absolute Gasteiger partial charge is 0.508 e. The van der Waals surface area contributed by atoms with Crippen LogP contribution in [0.3, 0.4) is 0 Å². The number of halogens is 1. The van der Waals surface area contributed by atoms with Crippen molar-refractivity contribution in [2.45, 2.75) is 6.42 Å². The molecule has 0 atom stereocenters. The number of hydrogen-bond donors (Lipinski definition) is 3. The fourth-order valence-electron chi connectivity index (χ4n) is 2.25. The minimum atomic E-state index is -0.492. The molecule has 1 aromatic carbocycles. The molecule has 3 aromatic rings. The first-order chi connectivity index (χ1) is 12.0. The van der Waals surface area contributed by atoms with Crippen molar-refractivity contribution >= 4 is 23.2 Å². The molecule has 8 heteroatoms. The number of benzene rings is 1. The molecule has 0 fully saturated rings. The van der Waals surface area contributed by atoms with Crippen LogP contribution >= 0.6 is 11.3 Å². The molecule has 0 saturated carbocycles. The lowest BCUT2D eigenvalue weighted by atomic mass is 10.1. The fraction of sp³-hybridized carbons (Fsp3) is 0.118. The second kappa shape index (κ2) is 7.27. The summed E-state index contributed by atoms with van der Waals surface area (Å²) in [5.41, 5.74) is 6.65. The van der Waals surface area contributed by atoms with Crippen molar-refractivity contribution in [2.24, 2.45) is 0 Å². The van der Waals surface area contributed by atoms with Gasteiger partial charge in [0.05, 0.1) is 15.4 Å². The first-order valence-electron chi connectivity index (χ1n) is 7.47. The normalized spacial score (nSPS) is 10.6. The third-order valence-electron chi connectivity index (χ3n) is 3.47. The molecular formula is C17H15FN4O2S. The Balaban J connectivity index is 1.60. The van der Waals surface area contributed by atoms with Gasteiger partial charge in [-0.05, 0) is 36.2 Å². The van der Waals surface area contributed by atoms with E-state index in [4.69, 9.17) is 5.73 Å². The maximum atomic E-state index is 13.6. The SMILES string of the molecule is Nc1nccc(-c2ccc(C(=O)NCCc3ccc(O)cc3F)s2)n1. The van der Waals surface area contributed by atoms with Crippen LogP contribution in [-0.2, 0) is 6.42 Å². The quantitative estimate of drug-likeness (QED) is 0.651. The Morgan fingerprint density at radius 1 is 1.28 bits per heavy atom. The molecule has 0 aliphatic rings. The Kier molecular flexibility index (Phi) is 4.90. The molecule has 4 N–H and O–H groups in total. The summed E-state index contributed by atoms with van der Waals surface area (Å²) in [6, 6.07) is 9.18. The van der Waals surface area contributed by atoms with Crippen molar-refractivity contribution in [1.82, 2.24) is 15.3 Å². The molecular weight excluding hydrogens is 343 g/mol. The maximum absolute atomic E-state index is 13.6. The molecule has 0 unspecified atom stereocenters. The fourth-order valence-corrected chi connectivity index (χ4v) is 3.14. The van der Waals surface area contributed by atoms with Gasteiger partial charge in [0.2, 0.25) is 5.95 Å². The number of nitrogens with one attached hydrogen (secondary N) is 1. The zero-order chi connectivity index (χ0) is 17.8. The van der Waals surface area contributed by atoms with Crippen molar-refractivity contribution in [2.75, 3.05) is 12.3 Å². The Hall–Kier alpha value is -3.00. The van der Waals surface area contributed by atoms with Gasteiger partial charge in [-0.2, -0.15) is 0 Å². The van der Waals surface area contributed by atoms with E-state index in [0.29, 0.717) is 22.6 Å². The van der Waals surface area contributed by atoms with Crippen LogP contribution in [-0.4, -0.2) is 27.5 Å². The molecule has 0 spiro atoms. The molecule has 3 rings (SSSR count). The Labute approximate surface area is 147 Å². The van der Waals surface area contributed by atoms with E-state index in [2.05, 4.69) is 15.3 Å². The van der Waals surface area contributed by atoms with E-state index >= 15 is 0 Å². The maximum Gasteiger partial charge on any atom is 0.261 e. The zero-order valence-corrected chi connectivity index (χ0v) is 13.9. The first-order valence-corrected chi connectivity index (χ1v) is 8.29. The van der Waals surface area contributed by atoms with Crippen LogP contribution in [0.1, 0.15) is 15.2 Å². The van der Waals surface area contributed by atoms with E-state index in [-0.39, 0.29) is 24.1 Å². The Bertz CT molecular complexity index is 913. The molecule has 0 radical (unpaired) electrons. The van der Waals surface area contributed by atoms with Crippen molar-refractivity contribution in [3.05, 3.63) is 58.9 Å². The number of phenolic OH excluding ortho intramolecular Hbond substituents is 1. The van der Waals surface area contributed by atoms with E-state index in [9.17, 15) is 14.3 Å². The number of amides is 1. The monoisotopic (exact) mass is 358 g/mol. The third-order valence-corrected chi connectivity index (χ3v) is 4.58. The number of hydrogen-bond acceptors (Lipinski definition) is 6. The average Bonchev–Trinajstić information content (AvgIpc) is 3.07. The number of aromatic hydroxyl groups is 1. The van der Waals surface area contributed by atoms with E-state index in [0.717, 1.165) is 10.9 Å². The molecule has 0 aliphatic carbocycles. The van der Waals surface area contributed by atoms with Crippen molar-refractivity contribution in [3.8, 4) is 16.3 Å². The van der Waals surface area contributed by atoms with Crippen LogP contribution in [0.5, 0.6) is 5.75 Å². The van der Waals surface area contributed by atoms with Crippen LogP contribution in [0.25, 0.3) is 10.6 Å². The number of carbonyl (C=O) groups excluding carboxylic acids is 1. The lowest BCUT2D eigenvalue weighted by molar-refractivity contribution is 0.0958. The van der Waals surface area contributed by atoms with Crippen molar-refractivity contribution < 1.29 is 14.3 Å². The summed E-state index contributed by atoms with van der Waals surface area (Å²) in [6.07, 6.45) is 1.89. The predicted octanol–water partition coefficient (Wildman–Crippen LogP) is 2.60. The van der Waals surface area contributed by atoms with E-state index in [1.165, 1.54) is 23.5 Å². The molecule has 128 valence electrons. The Morgan fingerprint density at radius 2 is 2.12 bits per heavy atom. The van der Waals surface area contributed by atoms with E-state index < -0.39 is 5.82 Å². The summed E-state index contributed by atoms with van der Waals surface area (Å²) in [6.45, 7) is 0.286. The van der Waals surface area contributed by atoms with Gasteiger partial charge in [0.15, 0.2) is 0 Å². The van der Waals surface area contributed by atoms with Crippen LogP contribution < -0.4 is 11.1 Å². The lowest BCUT2D eigenvalue weighted by Crippen LogP contribution is -2.25. The molecule has 0 saturated heterocycles. The summed E-state index contributed by atoms with van der Waals surface area (Å²) < 4.78 is 13.6. The second-order valence-electron chi connectivity index (χ2n) is 5.25. The number of rotatable bonds is 5. The van der Waals surface area contributed by atoms with Gasteiger partial charge in [-0.3, -0.25) is 4.79 Å². The van der Waals surface area contributed by atoms with E-state index in [1.807, 2.05) is 0 Å². The van der Waals surface area contributed by atoms with Crippen LogP contribution in [0.15, 0.2) is 42.6 Å². The topological polar surface area (TPSA) is 101 Å². The van der Waals surface area contributed by atoms with Crippen LogP contribution in [0, 0.1) is 5.82 Å². The first kappa shape index (κ1) is 16.8. The number of thiophene rings is 1. The summed E-state index contributed by atoms with van der Waals surface area (Å²) in [4.78, 5) is 21.5. The molecule has 6 nitrogen and oxygen atoms in total. The standard InChI is InChI=1S/C17H15FN4O2S/c18-12-9-11(23)2-1-10(12)5-7-20-16(24)15-4-3-14(25-15)13-6-8-21-17(19)22-13/h1-4,6,8-9,23H,5,7H2,(H,20,24)(H2,19,21,22). The minimum Gasteiger partial charge on any atom is -0.508 e. The van der Waals surface area contributed by atoms with Gasteiger partial charge in [0.25, 0.3) is 5.91 Å². The van der Waals surface area contributed by atoms with Crippen molar-refractivity contribution in [3.63, 3.8) is 0 Å². The third kappa shape index (κ3) is 4.10. The molecule has 2 heterocycles. The highest BCUT2D eigenvalue weighted by Gasteiger charge is 2.11. The molecule has 25 heavy (non-hydrogen) atoms. The number of nitrogens with zero attached hydrogens (tertiary/aromatic N) is 2. The smallest absolute Gasteiger partial charge is 0.261 e. The van der Waals surface area contributed by atoms with Crippen LogP contribution in [0.4, 0.5) is 10.3 Å². The molecule has 1 amide bonds. The van der Waals surface area contributed by atoms with Gasteiger partial charge in [0.1, 0.15) is 11.6 Å². The van der Waals surface area contributed by atoms with Gasteiger partial charge in [-0.15, -0.1) is 11.3 Å². The number of anilines is 1. The van der Waals surface area contributed by atoms with E-state index in [1.54, 1.807) is 24.4 Å². The second-order valence-corrected chi connectivity index (χ2v) is 6.33. The Morgan fingerprint density at radius 3 is 2.88 bits per heavy atom. The average molecular weight is 358 g/mol. The molecule has 0 bridgehead atoms. The van der Waals surface area contributed by atoms with Gasteiger partial charge < -0.3 is 16.2 Å². The summed E-state index contributed by atoms with van der Waals surface area (Å²) in [5, 5.41) is 11.9. The minimum absolute atomic E-state index is 0.123. The lowest BCUT2D eigenvalue weighted by Gasteiger charge is -2.05. The number of nitrogens with two attached hydrogens (primary N) is 1. The summed E-state index contributed by atoms with van der Waals surface area (Å²) >= 11 is 1.29. The summed E-state index contributed by atoms with van der Waals surface area (Å²) in [7, 11) is 0. The highest BCUT2D eigenvalue weighted by Crippen LogP contribution is 2.26. The number of carbonyl (C=O) groups is 1. The number of nitrogen functional groups attached to an aromatic ring is 1. The molecule has 2 aromatic heterocycles. The van der Waals surface area contributed by atoms with Gasteiger partial charge in [-0.25, -0.2) is 14.4 Å². The van der Waals surface area contributed by atoms with Crippen LogP contribution in [0.2, 0.25) is 0 Å².